The topological polar surface area (TPSA) is 52.6 Å². The number of nitrogens with one attached hydrogen (secondary N) is 1. The second-order valence-corrected chi connectivity index (χ2v) is 6.43. The van der Waals surface area contributed by atoms with Crippen molar-refractivity contribution in [2.45, 2.75) is 50.3 Å². The van der Waals surface area contributed by atoms with Gasteiger partial charge in [-0.3, -0.25) is 9.69 Å². The lowest BCUT2D eigenvalue weighted by molar-refractivity contribution is -0.116. The molecule has 5 heteroatoms. The van der Waals surface area contributed by atoms with Gasteiger partial charge in [-0.15, -0.1) is 0 Å². The van der Waals surface area contributed by atoms with Crippen LogP contribution in [-0.4, -0.2) is 40.6 Å². The lowest BCUT2D eigenvalue weighted by Gasteiger charge is -2.36. The van der Waals surface area contributed by atoms with E-state index in [1.807, 2.05) is 12.1 Å². The fourth-order valence-corrected chi connectivity index (χ4v) is 3.80. The first kappa shape index (κ1) is 14.8. The van der Waals surface area contributed by atoms with Gasteiger partial charge in [0.2, 0.25) is 5.91 Å². The lowest BCUT2D eigenvalue weighted by atomic mass is 10.00. The van der Waals surface area contributed by atoms with Crippen LogP contribution in [0.25, 0.3) is 0 Å². The normalized spacial score (nSPS) is 28.6. The molecule has 2 aliphatic heterocycles. The largest absolute Gasteiger partial charge is 0.393 e. The molecule has 1 amide bonds. The first-order chi connectivity index (χ1) is 10.1. The zero-order valence-electron chi connectivity index (χ0n) is 12.0. The zero-order valence-corrected chi connectivity index (χ0v) is 12.7. The molecule has 0 saturated carbocycles. The van der Waals surface area contributed by atoms with Gasteiger partial charge < -0.3 is 10.4 Å². The summed E-state index contributed by atoms with van der Waals surface area (Å²) < 4.78 is 0. The third-order valence-electron chi connectivity index (χ3n) is 4.60. The summed E-state index contributed by atoms with van der Waals surface area (Å²) in [4.78, 5) is 14.5. The predicted octanol–water partition coefficient (Wildman–Crippen LogP) is 2.66. The van der Waals surface area contributed by atoms with Crippen LogP contribution in [0, 0.1) is 0 Å². The van der Waals surface area contributed by atoms with Gasteiger partial charge >= 0.3 is 0 Å². The summed E-state index contributed by atoms with van der Waals surface area (Å²) in [6.45, 7) is 0.762. The van der Waals surface area contributed by atoms with Crippen molar-refractivity contribution in [3.63, 3.8) is 0 Å². The maximum Gasteiger partial charge on any atom is 0.225 e. The average Bonchev–Trinajstić information content (AvgIpc) is 2.69. The molecular weight excluding hydrogens is 288 g/mol. The molecule has 1 aromatic rings. The number of halogens is 1. The number of carbonyl (C=O) groups is 1. The van der Waals surface area contributed by atoms with E-state index in [-0.39, 0.29) is 12.0 Å². The van der Waals surface area contributed by atoms with Crippen LogP contribution in [0.5, 0.6) is 0 Å². The van der Waals surface area contributed by atoms with Crippen molar-refractivity contribution >= 4 is 23.2 Å². The fraction of sp³-hybridized carbons (Fsp3) is 0.562. The first-order valence-corrected chi connectivity index (χ1v) is 7.99. The van der Waals surface area contributed by atoms with E-state index in [1.54, 1.807) is 12.1 Å². The number of hydrogen-bond donors (Lipinski definition) is 2. The summed E-state index contributed by atoms with van der Waals surface area (Å²) >= 11 is 6.04. The molecule has 1 aromatic carbocycles. The van der Waals surface area contributed by atoms with Crippen LogP contribution in [-0.2, 0) is 4.79 Å². The maximum atomic E-state index is 12.1. The summed E-state index contributed by atoms with van der Waals surface area (Å²) in [5.41, 5.74) is 0.668. The van der Waals surface area contributed by atoms with Gasteiger partial charge in [0.1, 0.15) is 0 Å². The van der Waals surface area contributed by atoms with Crippen LogP contribution >= 0.6 is 11.6 Å². The Morgan fingerprint density at radius 2 is 1.95 bits per heavy atom. The lowest BCUT2D eigenvalue weighted by Crippen LogP contribution is -2.45. The third-order valence-corrected chi connectivity index (χ3v) is 4.93. The molecule has 114 valence electrons. The van der Waals surface area contributed by atoms with Crippen molar-refractivity contribution in [2.75, 3.05) is 11.9 Å². The Morgan fingerprint density at radius 3 is 2.62 bits per heavy atom. The fourth-order valence-electron chi connectivity index (χ4n) is 3.62. The van der Waals surface area contributed by atoms with Crippen molar-refractivity contribution in [3.8, 4) is 0 Å². The van der Waals surface area contributed by atoms with Gasteiger partial charge in [0.05, 0.1) is 16.8 Å². The van der Waals surface area contributed by atoms with E-state index < -0.39 is 0 Å². The van der Waals surface area contributed by atoms with Gasteiger partial charge in [-0.05, 0) is 37.8 Å². The molecule has 2 heterocycles. The number of para-hydroxylation sites is 1. The van der Waals surface area contributed by atoms with E-state index in [0.29, 0.717) is 29.2 Å². The molecule has 0 aliphatic carbocycles. The number of rotatable bonds is 4. The first-order valence-electron chi connectivity index (χ1n) is 7.61. The van der Waals surface area contributed by atoms with Gasteiger partial charge in [0.15, 0.2) is 0 Å². The van der Waals surface area contributed by atoms with Gasteiger partial charge in [-0.25, -0.2) is 0 Å². The summed E-state index contributed by atoms with van der Waals surface area (Å²) in [5.74, 6) is -0.00591. The molecular formula is C16H21ClN2O2. The minimum atomic E-state index is -0.157. The standard InChI is InChI=1S/C16H21ClN2O2/c17-14-3-1-2-4-15(14)18-16(21)7-8-19-11-5-6-12(19)10-13(20)9-11/h1-4,11-13,20H,5-10H2,(H,18,21). The van der Waals surface area contributed by atoms with Crippen molar-refractivity contribution in [1.29, 1.82) is 0 Å². The Labute approximate surface area is 130 Å². The van der Waals surface area contributed by atoms with Crippen LogP contribution in [0.1, 0.15) is 32.1 Å². The summed E-state index contributed by atoms with van der Waals surface area (Å²) in [7, 11) is 0. The Bertz CT molecular complexity index is 509. The molecule has 2 fully saturated rings. The number of amides is 1. The molecule has 0 radical (unpaired) electrons. The Kier molecular flexibility index (Phi) is 4.48. The molecule has 2 bridgehead atoms. The Morgan fingerprint density at radius 1 is 1.29 bits per heavy atom. The second-order valence-electron chi connectivity index (χ2n) is 6.03. The monoisotopic (exact) mass is 308 g/mol. The summed E-state index contributed by atoms with van der Waals surface area (Å²) in [6.07, 6.45) is 4.30. The smallest absolute Gasteiger partial charge is 0.225 e. The van der Waals surface area contributed by atoms with Gasteiger partial charge in [0.25, 0.3) is 0 Å². The number of aliphatic hydroxyl groups is 1. The Balaban J connectivity index is 1.52. The van der Waals surface area contributed by atoms with Crippen LogP contribution in [0.2, 0.25) is 5.02 Å². The molecule has 2 atom stereocenters. The van der Waals surface area contributed by atoms with Crippen LogP contribution in [0.3, 0.4) is 0 Å². The van der Waals surface area contributed by atoms with Gasteiger partial charge in [-0.1, -0.05) is 23.7 Å². The van der Waals surface area contributed by atoms with Gasteiger partial charge in [0, 0.05) is 25.0 Å². The number of carbonyl (C=O) groups excluding carboxylic acids is 1. The zero-order chi connectivity index (χ0) is 14.8. The third kappa shape index (κ3) is 3.39. The molecule has 2 unspecified atom stereocenters. The number of hydrogen-bond acceptors (Lipinski definition) is 3. The summed E-state index contributed by atoms with van der Waals surface area (Å²) in [5, 5.41) is 13.2. The highest BCUT2D eigenvalue weighted by molar-refractivity contribution is 6.33. The van der Waals surface area contributed by atoms with Crippen LogP contribution in [0.15, 0.2) is 24.3 Å². The summed E-state index contributed by atoms with van der Waals surface area (Å²) in [6, 6.07) is 8.17. The highest BCUT2D eigenvalue weighted by Gasteiger charge is 2.39. The number of benzene rings is 1. The average molecular weight is 309 g/mol. The molecule has 2 saturated heterocycles. The van der Waals surface area contributed by atoms with Crippen molar-refractivity contribution < 1.29 is 9.90 Å². The van der Waals surface area contributed by atoms with Crippen molar-refractivity contribution in [3.05, 3.63) is 29.3 Å². The minimum Gasteiger partial charge on any atom is -0.393 e. The van der Waals surface area contributed by atoms with E-state index >= 15 is 0 Å². The molecule has 21 heavy (non-hydrogen) atoms. The quantitative estimate of drug-likeness (QED) is 0.899. The van der Waals surface area contributed by atoms with Crippen molar-refractivity contribution in [2.24, 2.45) is 0 Å². The number of piperidine rings is 1. The van der Waals surface area contributed by atoms with E-state index in [9.17, 15) is 9.90 Å². The minimum absolute atomic E-state index is 0.00591. The molecule has 0 aromatic heterocycles. The van der Waals surface area contributed by atoms with Gasteiger partial charge in [-0.2, -0.15) is 0 Å². The van der Waals surface area contributed by atoms with E-state index in [4.69, 9.17) is 11.6 Å². The molecule has 3 rings (SSSR count). The van der Waals surface area contributed by atoms with Crippen molar-refractivity contribution in [1.82, 2.24) is 4.90 Å². The SMILES string of the molecule is O=C(CCN1C2CCC1CC(O)C2)Nc1ccccc1Cl. The molecule has 4 nitrogen and oxygen atoms in total. The number of aliphatic hydroxyl groups excluding tert-OH is 1. The van der Waals surface area contributed by atoms with E-state index in [1.165, 1.54) is 0 Å². The highest BCUT2D eigenvalue weighted by atomic mass is 35.5. The number of fused-ring (bicyclic) bond motifs is 2. The van der Waals surface area contributed by atoms with E-state index in [2.05, 4.69) is 10.2 Å². The highest BCUT2D eigenvalue weighted by Crippen LogP contribution is 2.35. The maximum absolute atomic E-state index is 12.1. The predicted molar refractivity (Wildman–Crippen MR) is 83.5 cm³/mol. The second kappa shape index (κ2) is 6.34. The molecule has 2 N–H and O–H groups in total. The molecule has 0 spiro atoms. The van der Waals surface area contributed by atoms with Crippen LogP contribution in [0.4, 0.5) is 5.69 Å². The number of nitrogens with zero attached hydrogens (tertiary/aromatic N) is 1. The van der Waals surface area contributed by atoms with E-state index in [0.717, 1.165) is 32.2 Å². The Hall–Kier alpha value is -1.10. The van der Waals surface area contributed by atoms with Crippen LogP contribution < -0.4 is 5.32 Å². The molecule has 2 aliphatic rings. The number of anilines is 1.